The smallest absolute Gasteiger partial charge is 0.337 e. The Kier molecular flexibility index (Phi) is 5.47. The van der Waals surface area contributed by atoms with Crippen LogP contribution in [-0.2, 0) is 4.74 Å². The average molecular weight is 361 g/mol. The van der Waals surface area contributed by atoms with E-state index in [1.165, 1.54) is 12.7 Å². The third-order valence-electron chi connectivity index (χ3n) is 3.88. The first-order chi connectivity index (χ1) is 13.0. The minimum atomic E-state index is -0.462. The molecule has 6 heteroatoms. The number of rotatable bonds is 5. The standard InChI is InChI=1S/C21H19N3O3/c1-14-6-8-16(9-7-14)23-18-10-11-19(22-13-18)20(25)24-17-5-3-4-15(12-17)21(26)27-2/h3-13,23H,1-2H3,(H,24,25). The molecule has 136 valence electrons. The average Bonchev–Trinajstić information content (AvgIpc) is 2.70. The third kappa shape index (κ3) is 4.70. The molecule has 0 unspecified atom stereocenters. The molecule has 27 heavy (non-hydrogen) atoms. The number of carbonyl (C=O) groups excluding carboxylic acids is 2. The molecule has 0 atom stereocenters. The van der Waals surface area contributed by atoms with Crippen LogP contribution in [0, 0.1) is 6.92 Å². The Labute approximate surface area is 157 Å². The van der Waals surface area contributed by atoms with Crippen molar-refractivity contribution in [3.63, 3.8) is 0 Å². The summed E-state index contributed by atoms with van der Waals surface area (Å²) in [7, 11) is 1.31. The molecular weight excluding hydrogens is 342 g/mol. The number of carbonyl (C=O) groups is 2. The summed E-state index contributed by atoms with van der Waals surface area (Å²) >= 11 is 0. The molecule has 3 aromatic rings. The van der Waals surface area contributed by atoms with E-state index in [1.807, 2.05) is 31.2 Å². The van der Waals surface area contributed by atoms with Gasteiger partial charge in [-0.25, -0.2) is 9.78 Å². The van der Waals surface area contributed by atoms with Gasteiger partial charge in [-0.1, -0.05) is 23.8 Å². The highest BCUT2D eigenvalue weighted by Crippen LogP contribution is 2.17. The van der Waals surface area contributed by atoms with Crippen molar-refractivity contribution < 1.29 is 14.3 Å². The predicted molar refractivity (Wildman–Crippen MR) is 104 cm³/mol. The number of esters is 1. The number of pyridine rings is 1. The number of nitrogens with zero attached hydrogens (tertiary/aromatic N) is 1. The molecule has 2 N–H and O–H groups in total. The molecule has 0 saturated carbocycles. The van der Waals surface area contributed by atoms with Crippen LogP contribution in [0.25, 0.3) is 0 Å². The number of ether oxygens (including phenoxy) is 1. The van der Waals surface area contributed by atoms with E-state index in [4.69, 9.17) is 0 Å². The lowest BCUT2D eigenvalue weighted by Crippen LogP contribution is -2.14. The van der Waals surface area contributed by atoms with Crippen molar-refractivity contribution >= 4 is 28.9 Å². The zero-order chi connectivity index (χ0) is 19.2. The molecule has 3 rings (SSSR count). The van der Waals surface area contributed by atoms with Crippen LogP contribution in [0.2, 0.25) is 0 Å². The molecule has 0 aliphatic carbocycles. The van der Waals surface area contributed by atoms with Gasteiger partial charge in [0.25, 0.3) is 5.91 Å². The fraction of sp³-hybridized carbons (Fsp3) is 0.0952. The minimum absolute atomic E-state index is 0.271. The number of amides is 1. The van der Waals surface area contributed by atoms with Gasteiger partial charge in [-0.05, 0) is 49.4 Å². The van der Waals surface area contributed by atoms with E-state index in [9.17, 15) is 9.59 Å². The molecule has 0 saturated heterocycles. The van der Waals surface area contributed by atoms with Gasteiger partial charge in [-0.2, -0.15) is 0 Å². The van der Waals surface area contributed by atoms with E-state index in [1.54, 1.807) is 42.6 Å². The van der Waals surface area contributed by atoms with E-state index in [2.05, 4.69) is 20.4 Å². The van der Waals surface area contributed by atoms with Crippen LogP contribution in [0.3, 0.4) is 0 Å². The van der Waals surface area contributed by atoms with Gasteiger partial charge in [0.2, 0.25) is 0 Å². The fourth-order valence-electron chi connectivity index (χ4n) is 2.44. The maximum atomic E-state index is 12.4. The molecule has 0 fully saturated rings. The summed E-state index contributed by atoms with van der Waals surface area (Å²) in [5, 5.41) is 5.95. The second-order valence-electron chi connectivity index (χ2n) is 5.95. The van der Waals surface area contributed by atoms with Gasteiger partial charge in [-0.3, -0.25) is 4.79 Å². The number of aryl methyl sites for hydroxylation is 1. The number of aromatic nitrogens is 1. The Balaban J connectivity index is 1.67. The Morgan fingerprint density at radius 3 is 2.33 bits per heavy atom. The number of anilines is 3. The lowest BCUT2D eigenvalue weighted by atomic mass is 10.2. The van der Waals surface area contributed by atoms with E-state index in [-0.39, 0.29) is 11.6 Å². The largest absolute Gasteiger partial charge is 0.465 e. The van der Waals surface area contributed by atoms with Gasteiger partial charge < -0.3 is 15.4 Å². The Morgan fingerprint density at radius 2 is 1.67 bits per heavy atom. The van der Waals surface area contributed by atoms with E-state index >= 15 is 0 Å². The molecule has 1 aromatic heterocycles. The SMILES string of the molecule is COC(=O)c1cccc(NC(=O)c2ccc(Nc3ccc(C)cc3)cn2)c1. The Morgan fingerprint density at radius 1 is 0.926 bits per heavy atom. The number of hydrogen-bond acceptors (Lipinski definition) is 5. The second kappa shape index (κ2) is 8.14. The lowest BCUT2D eigenvalue weighted by Gasteiger charge is -2.08. The van der Waals surface area contributed by atoms with Crippen molar-refractivity contribution in [1.82, 2.24) is 4.98 Å². The molecule has 1 heterocycles. The molecule has 0 radical (unpaired) electrons. The van der Waals surface area contributed by atoms with Crippen LogP contribution in [0.5, 0.6) is 0 Å². The number of methoxy groups -OCH3 is 1. The normalized spacial score (nSPS) is 10.1. The van der Waals surface area contributed by atoms with Crippen molar-refractivity contribution in [3.8, 4) is 0 Å². The van der Waals surface area contributed by atoms with Gasteiger partial charge in [-0.15, -0.1) is 0 Å². The monoisotopic (exact) mass is 361 g/mol. The first kappa shape index (κ1) is 18.1. The van der Waals surface area contributed by atoms with Gasteiger partial charge in [0, 0.05) is 11.4 Å². The first-order valence-electron chi connectivity index (χ1n) is 8.34. The molecule has 0 spiro atoms. The van der Waals surface area contributed by atoms with Gasteiger partial charge in [0.05, 0.1) is 24.6 Å². The highest BCUT2D eigenvalue weighted by Gasteiger charge is 2.10. The second-order valence-corrected chi connectivity index (χ2v) is 5.95. The maximum Gasteiger partial charge on any atom is 0.337 e. The van der Waals surface area contributed by atoms with Crippen LogP contribution >= 0.6 is 0 Å². The summed E-state index contributed by atoms with van der Waals surface area (Å²) < 4.78 is 4.68. The van der Waals surface area contributed by atoms with Gasteiger partial charge in [0.1, 0.15) is 5.69 Å². The van der Waals surface area contributed by atoms with Crippen LogP contribution in [0.15, 0.2) is 66.9 Å². The van der Waals surface area contributed by atoms with Crippen LogP contribution in [0.1, 0.15) is 26.4 Å². The molecule has 1 amide bonds. The highest BCUT2D eigenvalue weighted by atomic mass is 16.5. The van der Waals surface area contributed by atoms with Gasteiger partial charge >= 0.3 is 5.97 Å². The summed E-state index contributed by atoms with van der Waals surface area (Å²) in [6.07, 6.45) is 1.60. The van der Waals surface area contributed by atoms with E-state index < -0.39 is 5.97 Å². The summed E-state index contributed by atoms with van der Waals surface area (Å²) in [6.45, 7) is 2.03. The van der Waals surface area contributed by atoms with Crippen molar-refractivity contribution in [2.75, 3.05) is 17.7 Å². The molecule has 0 bridgehead atoms. The molecule has 2 aromatic carbocycles. The summed E-state index contributed by atoms with van der Waals surface area (Å²) in [4.78, 5) is 28.1. The predicted octanol–water partition coefficient (Wildman–Crippen LogP) is 4.17. The highest BCUT2D eigenvalue weighted by molar-refractivity contribution is 6.03. The molecule has 6 nitrogen and oxygen atoms in total. The van der Waals surface area contributed by atoms with Crippen molar-refractivity contribution in [1.29, 1.82) is 0 Å². The fourth-order valence-corrected chi connectivity index (χ4v) is 2.44. The number of nitrogens with one attached hydrogen (secondary N) is 2. The van der Waals surface area contributed by atoms with Crippen molar-refractivity contribution in [3.05, 3.63) is 83.7 Å². The zero-order valence-corrected chi connectivity index (χ0v) is 15.0. The summed E-state index contributed by atoms with van der Waals surface area (Å²) in [5.41, 5.74) is 4.03. The van der Waals surface area contributed by atoms with Crippen LogP contribution in [-0.4, -0.2) is 24.0 Å². The maximum absolute atomic E-state index is 12.4. The topological polar surface area (TPSA) is 80.3 Å². The quantitative estimate of drug-likeness (QED) is 0.667. The number of hydrogen-bond donors (Lipinski definition) is 2. The minimum Gasteiger partial charge on any atom is -0.465 e. The van der Waals surface area contributed by atoms with E-state index in [0.29, 0.717) is 11.3 Å². The number of benzene rings is 2. The first-order valence-corrected chi connectivity index (χ1v) is 8.34. The Hall–Kier alpha value is -3.67. The van der Waals surface area contributed by atoms with Gasteiger partial charge in [0.15, 0.2) is 0 Å². The zero-order valence-electron chi connectivity index (χ0n) is 15.0. The summed E-state index contributed by atoms with van der Waals surface area (Å²) in [6, 6.07) is 17.9. The Bertz CT molecular complexity index is 951. The molecular formula is C21H19N3O3. The van der Waals surface area contributed by atoms with Crippen LogP contribution < -0.4 is 10.6 Å². The molecule has 0 aliphatic rings. The molecule has 0 aliphatic heterocycles. The van der Waals surface area contributed by atoms with Crippen molar-refractivity contribution in [2.24, 2.45) is 0 Å². The lowest BCUT2D eigenvalue weighted by molar-refractivity contribution is 0.0600. The van der Waals surface area contributed by atoms with E-state index in [0.717, 1.165) is 11.4 Å². The van der Waals surface area contributed by atoms with Crippen LogP contribution in [0.4, 0.5) is 17.1 Å². The summed E-state index contributed by atoms with van der Waals surface area (Å²) in [5.74, 6) is -0.824. The van der Waals surface area contributed by atoms with Crippen molar-refractivity contribution in [2.45, 2.75) is 6.92 Å². The third-order valence-corrected chi connectivity index (χ3v) is 3.88.